The smallest absolute Gasteiger partial charge is 0.261 e. The van der Waals surface area contributed by atoms with Gasteiger partial charge in [-0.25, -0.2) is 0 Å². The van der Waals surface area contributed by atoms with E-state index >= 15 is 0 Å². The fourth-order valence-corrected chi connectivity index (χ4v) is 5.18. The lowest BCUT2D eigenvalue weighted by molar-refractivity contribution is -0.143. The van der Waals surface area contributed by atoms with Gasteiger partial charge in [0, 0.05) is 17.6 Å². The lowest BCUT2D eigenvalue weighted by Gasteiger charge is -2.32. The molecule has 1 unspecified atom stereocenters. The van der Waals surface area contributed by atoms with E-state index < -0.39 is 6.04 Å². The zero-order chi connectivity index (χ0) is 26.3. The van der Waals surface area contributed by atoms with Crippen LogP contribution in [0.1, 0.15) is 77.3 Å². The maximum Gasteiger partial charge on any atom is 0.261 e. The molecule has 5 nitrogen and oxygen atoms in total. The molecule has 1 atom stereocenters. The van der Waals surface area contributed by atoms with Gasteiger partial charge >= 0.3 is 0 Å². The minimum atomic E-state index is -0.578. The summed E-state index contributed by atoms with van der Waals surface area (Å²) < 4.78 is 6.74. The average Bonchev–Trinajstić information content (AvgIpc) is 2.84. The molecule has 0 radical (unpaired) electrons. The molecule has 0 aromatic heterocycles. The third-order valence-electron chi connectivity index (χ3n) is 6.75. The summed E-state index contributed by atoms with van der Waals surface area (Å²) >= 11 is 9.64. The highest BCUT2D eigenvalue weighted by molar-refractivity contribution is 9.10. The van der Waals surface area contributed by atoms with Crippen molar-refractivity contribution in [1.82, 2.24) is 10.2 Å². The number of nitrogens with zero attached hydrogens (tertiary/aromatic N) is 1. The Morgan fingerprint density at radius 3 is 2.36 bits per heavy atom. The molecule has 1 aliphatic rings. The summed E-state index contributed by atoms with van der Waals surface area (Å²) in [5.41, 5.74) is 2.09. The third kappa shape index (κ3) is 7.97. The first-order chi connectivity index (χ1) is 17.1. The van der Waals surface area contributed by atoms with Gasteiger partial charge in [-0.05, 0) is 76.0 Å². The summed E-state index contributed by atoms with van der Waals surface area (Å²) in [4.78, 5) is 28.5. The predicted octanol–water partition coefficient (Wildman–Crippen LogP) is 7.04. The van der Waals surface area contributed by atoms with E-state index in [1.54, 1.807) is 17.0 Å². The number of carbonyl (C=O) groups is 2. The van der Waals surface area contributed by atoms with Crippen molar-refractivity contribution in [1.29, 1.82) is 0 Å². The van der Waals surface area contributed by atoms with Crippen molar-refractivity contribution in [3.63, 3.8) is 0 Å². The quantitative estimate of drug-likeness (QED) is 0.348. The molecule has 0 aliphatic heterocycles. The Morgan fingerprint density at radius 2 is 1.78 bits per heavy atom. The van der Waals surface area contributed by atoms with Gasteiger partial charge < -0.3 is 15.0 Å². The molecule has 7 heteroatoms. The number of ether oxygens (including phenoxy) is 1. The number of hydrogen-bond donors (Lipinski definition) is 1. The van der Waals surface area contributed by atoms with Crippen molar-refractivity contribution in [2.24, 2.45) is 0 Å². The van der Waals surface area contributed by atoms with Gasteiger partial charge in [-0.3, -0.25) is 9.59 Å². The van der Waals surface area contributed by atoms with Crippen LogP contribution in [-0.2, 0) is 21.5 Å². The van der Waals surface area contributed by atoms with Crippen LogP contribution >= 0.6 is 27.5 Å². The monoisotopic (exact) mass is 576 g/mol. The number of nitrogens with one attached hydrogen (secondary N) is 1. The standard InChI is InChI=1S/C29H38BrClN2O3/c1-5-25(28(35)32-23-9-7-6-8-10-23)33(18-20-11-14-22(31)15-12-20)27(34)19-36-26-16-13-21(17-24(26)30)29(2,3)4/h11-17,23,25H,5-10,18-19H2,1-4H3,(H,32,35). The van der Waals surface area contributed by atoms with E-state index in [1.807, 2.05) is 37.3 Å². The van der Waals surface area contributed by atoms with Crippen LogP contribution in [-0.4, -0.2) is 35.4 Å². The van der Waals surface area contributed by atoms with Crippen LogP contribution in [0, 0.1) is 0 Å². The van der Waals surface area contributed by atoms with E-state index in [9.17, 15) is 9.59 Å². The highest BCUT2D eigenvalue weighted by atomic mass is 79.9. The van der Waals surface area contributed by atoms with Crippen molar-refractivity contribution >= 4 is 39.3 Å². The number of hydrogen-bond acceptors (Lipinski definition) is 3. The molecule has 0 saturated heterocycles. The fourth-order valence-electron chi connectivity index (χ4n) is 4.56. The summed E-state index contributed by atoms with van der Waals surface area (Å²) in [7, 11) is 0. The topological polar surface area (TPSA) is 58.6 Å². The van der Waals surface area contributed by atoms with Crippen LogP contribution in [0.3, 0.4) is 0 Å². The van der Waals surface area contributed by atoms with Gasteiger partial charge in [0.1, 0.15) is 11.8 Å². The van der Waals surface area contributed by atoms with E-state index in [0.29, 0.717) is 23.7 Å². The average molecular weight is 578 g/mol. The predicted molar refractivity (Wildman–Crippen MR) is 149 cm³/mol. The Hall–Kier alpha value is -2.05. The van der Waals surface area contributed by atoms with Crippen LogP contribution < -0.4 is 10.1 Å². The molecule has 0 heterocycles. The van der Waals surface area contributed by atoms with Gasteiger partial charge in [0.15, 0.2) is 6.61 Å². The van der Waals surface area contributed by atoms with Gasteiger partial charge in [-0.2, -0.15) is 0 Å². The molecule has 0 bridgehead atoms. The maximum atomic E-state index is 13.5. The van der Waals surface area contributed by atoms with Crippen molar-refractivity contribution in [2.75, 3.05) is 6.61 Å². The first kappa shape index (κ1) is 28.5. The molecule has 1 saturated carbocycles. The molecule has 2 aromatic rings. The number of carbonyl (C=O) groups excluding carboxylic acids is 2. The highest BCUT2D eigenvalue weighted by Gasteiger charge is 2.30. The third-order valence-corrected chi connectivity index (χ3v) is 7.62. The molecule has 1 aliphatic carbocycles. The second kappa shape index (κ2) is 13.0. The second-order valence-corrected chi connectivity index (χ2v) is 11.9. The number of benzene rings is 2. The van der Waals surface area contributed by atoms with Crippen molar-refractivity contribution in [2.45, 2.75) is 90.3 Å². The summed E-state index contributed by atoms with van der Waals surface area (Å²) in [6.45, 7) is 8.54. The normalized spacial score (nSPS) is 15.3. The van der Waals surface area contributed by atoms with E-state index in [0.717, 1.165) is 35.7 Å². The van der Waals surface area contributed by atoms with Crippen molar-refractivity contribution in [3.05, 3.63) is 63.1 Å². The molecular formula is C29H38BrClN2O3. The van der Waals surface area contributed by atoms with Crippen LogP contribution in [0.4, 0.5) is 0 Å². The van der Waals surface area contributed by atoms with Gasteiger partial charge in [0.05, 0.1) is 4.47 Å². The summed E-state index contributed by atoms with van der Waals surface area (Å²) in [5.74, 6) is 0.271. The summed E-state index contributed by atoms with van der Waals surface area (Å²) in [5, 5.41) is 3.83. The van der Waals surface area contributed by atoms with Crippen LogP contribution in [0.25, 0.3) is 0 Å². The molecule has 2 amide bonds. The molecule has 1 fully saturated rings. The van der Waals surface area contributed by atoms with Crippen molar-refractivity contribution < 1.29 is 14.3 Å². The van der Waals surface area contributed by atoms with Crippen LogP contribution in [0.15, 0.2) is 46.9 Å². The first-order valence-electron chi connectivity index (χ1n) is 12.9. The molecule has 3 rings (SSSR count). The molecule has 1 N–H and O–H groups in total. The Morgan fingerprint density at radius 1 is 1.11 bits per heavy atom. The minimum Gasteiger partial charge on any atom is -0.483 e. The van der Waals surface area contributed by atoms with E-state index in [1.165, 1.54) is 12.0 Å². The van der Waals surface area contributed by atoms with Gasteiger partial charge in [-0.15, -0.1) is 0 Å². The molecule has 0 spiro atoms. The Bertz CT molecular complexity index is 1030. The molecule has 2 aromatic carbocycles. The van der Waals surface area contributed by atoms with Gasteiger partial charge in [0.25, 0.3) is 5.91 Å². The second-order valence-electron chi connectivity index (χ2n) is 10.6. The Labute approximate surface area is 229 Å². The summed E-state index contributed by atoms with van der Waals surface area (Å²) in [6.07, 6.45) is 5.98. The minimum absolute atomic E-state index is 0.00624. The lowest BCUT2D eigenvalue weighted by atomic mass is 9.87. The van der Waals surface area contributed by atoms with E-state index in [2.05, 4.69) is 42.0 Å². The maximum absolute atomic E-state index is 13.5. The molecular weight excluding hydrogens is 540 g/mol. The highest BCUT2D eigenvalue weighted by Crippen LogP contribution is 2.31. The summed E-state index contributed by atoms with van der Waals surface area (Å²) in [6, 6.07) is 12.9. The largest absolute Gasteiger partial charge is 0.483 e. The van der Waals surface area contributed by atoms with E-state index in [4.69, 9.17) is 16.3 Å². The van der Waals surface area contributed by atoms with E-state index in [-0.39, 0.29) is 29.9 Å². The number of amides is 2. The van der Waals surface area contributed by atoms with Crippen molar-refractivity contribution in [3.8, 4) is 5.75 Å². The Kier molecular flexibility index (Phi) is 10.3. The van der Waals surface area contributed by atoms with Crippen LogP contribution in [0.2, 0.25) is 5.02 Å². The van der Waals surface area contributed by atoms with Gasteiger partial charge in [-0.1, -0.05) is 76.8 Å². The molecule has 36 heavy (non-hydrogen) atoms. The molecule has 196 valence electrons. The van der Waals surface area contributed by atoms with Gasteiger partial charge in [0.2, 0.25) is 5.91 Å². The Balaban J connectivity index is 1.76. The number of rotatable bonds is 9. The zero-order valence-corrected chi connectivity index (χ0v) is 24.1. The number of halogens is 2. The van der Waals surface area contributed by atoms with Crippen LogP contribution in [0.5, 0.6) is 5.75 Å². The fraction of sp³-hybridized carbons (Fsp3) is 0.517. The zero-order valence-electron chi connectivity index (χ0n) is 21.8. The lowest BCUT2D eigenvalue weighted by Crippen LogP contribution is -2.52. The first-order valence-corrected chi connectivity index (χ1v) is 14.0. The SMILES string of the molecule is CCC(C(=O)NC1CCCCC1)N(Cc1ccc(Cl)cc1)C(=O)COc1ccc(C(C)(C)C)cc1Br.